The van der Waals surface area contributed by atoms with Crippen molar-refractivity contribution in [3.63, 3.8) is 0 Å². The Balaban J connectivity index is 4.63. The summed E-state index contributed by atoms with van der Waals surface area (Å²) in [6.07, 6.45) is 0. The lowest BCUT2D eigenvalue weighted by atomic mass is 9.93. The minimum Gasteiger partial charge on any atom is -0.383 e. The molecule has 1 amide bonds. The third-order valence-corrected chi connectivity index (χ3v) is 2.25. The van der Waals surface area contributed by atoms with Crippen LogP contribution in [-0.2, 0) is 9.53 Å². The quantitative estimate of drug-likeness (QED) is 0.692. The number of carbonyl (C=O) groups excluding carboxylic acids is 1. The lowest BCUT2D eigenvalue weighted by Crippen LogP contribution is -2.43. The van der Waals surface area contributed by atoms with Gasteiger partial charge in [-0.15, -0.1) is 0 Å². The van der Waals surface area contributed by atoms with E-state index in [0.29, 0.717) is 25.6 Å². The lowest BCUT2D eigenvalue weighted by molar-refractivity contribution is -0.138. The highest BCUT2D eigenvalue weighted by atomic mass is 16.5. The van der Waals surface area contributed by atoms with E-state index >= 15 is 0 Å². The average Bonchev–Trinajstić information content (AvgIpc) is 2.22. The first-order valence-corrected chi connectivity index (χ1v) is 5.54. The second-order valence-corrected chi connectivity index (χ2v) is 4.87. The number of ether oxygens (including phenoxy) is 1. The molecule has 0 rings (SSSR count). The van der Waals surface area contributed by atoms with Gasteiger partial charge in [0.05, 0.1) is 12.7 Å². The molecule has 0 saturated heterocycles. The van der Waals surface area contributed by atoms with E-state index in [0.717, 1.165) is 0 Å². The fourth-order valence-electron chi connectivity index (χ4n) is 1.36. The highest BCUT2D eigenvalue weighted by Gasteiger charge is 2.31. The van der Waals surface area contributed by atoms with Crippen LogP contribution in [0.2, 0.25) is 0 Å². The summed E-state index contributed by atoms with van der Waals surface area (Å²) in [5.41, 5.74) is -0.956. The second kappa shape index (κ2) is 6.49. The van der Waals surface area contributed by atoms with E-state index in [9.17, 15) is 4.79 Å². The number of nitrogens with zero attached hydrogens (tertiary/aromatic N) is 2. The summed E-state index contributed by atoms with van der Waals surface area (Å²) >= 11 is 0. The van der Waals surface area contributed by atoms with Gasteiger partial charge in [-0.05, 0) is 19.8 Å². The zero-order valence-electron chi connectivity index (χ0n) is 10.9. The smallest absolute Gasteiger partial charge is 0.242 e. The summed E-state index contributed by atoms with van der Waals surface area (Å²) in [7, 11) is 1.60. The van der Waals surface area contributed by atoms with Crippen molar-refractivity contribution in [2.24, 2.45) is 11.3 Å². The van der Waals surface area contributed by atoms with Crippen molar-refractivity contribution in [2.45, 2.75) is 27.7 Å². The largest absolute Gasteiger partial charge is 0.383 e. The summed E-state index contributed by atoms with van der Waals surface area (Å²) in [5.74, 6) is 0.260. The van der Waals surface area contributed by atoms with Crippen molar-refractivity contribution in [3.05, 3.63) is 0 Å². The molecule has 16 heavy (non-hydrogen) atoms. The summed E-state index contributed by atoms with van der Waals surface area (Å²) in [5, 5.41) is 8.94. The highest BCUT2D eigenvalue weighted by Crippen LogP contribution is 2.18. The van der Waals surface area contributed by atoms with Gasteiger partial charge in [0.2, 0.25) is 5.91 Å². The fourth-order valence-corrected chi connectivity index (χ4v) is 1.36. The van der Waals surface area contributed by atoms with Gasteiger partial charge in [0, 0.05) is 20.2 Å². The van der Waals surface area contributed by atoms with Crippen LogP contribution in [0.5, 0.6) is 0 Å². The Bertz CT molecular complexity index is 267. The van der Waals surface area contributed by atoms with Crippen molar-refractivity contribution in [1.82, 2.24) is 4.90 Å². The Morgan fingerprint density at radius 3 is 2.44 bits per heavy atom. The number of rotatable bonds is 6. The van der Waals surface area contributed by atoms with Gasteiger partial charge >= 0.3 is 0 Å². The van der Waals surface area contributed by atoms with E-state index in [1.54, 1.807) is 25.9 Å². The van der Waals surface area contributed by atoms with Crippen molar-refractivity contribution >= 4 is 5.91 Å². The highest BCUT2D eigenvalue weighted by molar-refractivity contribution is 5.84. The van der Waals surface area contributed by atoms with Crippen LogP contribution in [0, 0.1) is 22.7 Å². The summed E-state index contributed by atoms with van der Waals surface area (Å²) in [4.78, 5) is 13.8. The van der Waals surface area contributed by atoms with E-state index in [4.69, 9.17) is 10.00 Å². The first-order valence-electron chi connectivity index (χ1n) is 5.54. The fraction of sp³-hybridized carbons (Fsp3) is 0.833. The number of methoxy groups -OCH3 is 1. The minimum atomic E-state index is -0.956. The monoisotopic (exact) mass is 226 g/mol. The molecule has 0 aliphatic rings. The predicted molar refractivity (Wildman–Crippen MR) is 62.7 cm³/mol. The summed E-state index contributed by atoms with van der Waals surface area (Å²) in [6, 6.07) is 2.04. The van der Waals surface area contributed by atoms with E-state index in [2.05, 4.69) is 0 Å². The second-order valence-electron chi connectivity index (χ2n) is 4.87. The number of hydrogen-bond acceptors (Lipinski definition) is 3. The Kier molecular flexibility index (Phi) is 6.05. The molecule has 0 bridgehead atoms. The van der Waals surface area contributed by atoms with Crippen LogP contribution in [-0.4, -0.2) is 37.6 Å². The van der Waals surface area contributed by atoms with Crippen LogP contribution in [0.25, 0.3) is 0 Å². The Morgan fingerprint density at radius 2 is 2.06 bits per heavy atom. The standard InChI is InChI=1S/C12H22N2O2/c1-10(2)8-14(6-7-16-5)11(15)12(3,4)9-13/h10H,6-8H2,1-5H3. The third-order valence-electron chi connectivity index (χ3n) is 2.25. The average molecular weight is 226 g/mol. The van der Waals surface area contributed by atoms with Crippen LogP contribution >= 0.6 is 0 Å². The molecular formula is C12H22N2O2. The van der Waals surface area contributed by atoms with Gasteiger partial charge in [0.15, 0.2) is 0 Å². The van der Waals surface area contributed by atoms with Crippen LogP contribution in [0.4, 0.5) is 0 Å². The molecule has 0 aromatic carbocycles. The van der Waals surface area contributed by atoms with Crippen LogP contribution in [0.15, 0.2) is 0 Å². The maximum Gasteiger partial charge on any atom is 0.242 e. The molecule has 0 heterocycles. The lowest BCUT2D eigenvalue weighted by Gasteiger charge is -2.29. The molecule has 0 spiro atoms. The van der Waals surface area contributed by atoms with Gasteiger partial charge in [-0.2, -0.15) is 5.26 Å². The van der Waals surface area contributed by atoms with Crippen LogP contribution in [0.1, 0.15) is 27.7 Å². The zero-order chi connectivity index (χ0) is 12.8. The molecular weight excluding hydrogens is 204 g/mol. The molecule has 0 radical (unpaired) electrons. The maximum absolute atomic E-state index is 12.1. The van der Waals surface area contributed by atoms with Crippen molar-refractivity contribution < 1.29 is 9.53 Å². The first-order chi connectivity index (χ1) is 7.35. The molecule has 0 aliphatic carbocycles. The van der Waals surface area contributed by atoms with Gasteiger partial charge in [-0.3, -0.25) is 4.79 Å². The summed E-state index contributed by atoms with van der Waals surface area (Å²) < 4.78 is 4.97. The van der Waals surface area contributed by atoms with Crippen LogP contribution < -0.4 is 0 Å². The topological polar surface area (TPSA) is 53.3 Å². The number of carbonyl (C=O) groups is 1. The van der Waals surface area contributed by atoms with Gasteiger partial charge in [0.25, 0.3) is 0 Å². The molecule has 0 aromatic heterocycles. The number of amides is 1. The van der Waals surface area contributed by atoms with Crippen LogP contribution in [0.3, 0.4) is 0 Å². The van der Waals surface area contributed by atoms with E-state index in [-0.39, 0.29) is 5.91 Å². The van der Waals surface area contributed by atoms with Crippen molar-refractivity contribution in [3.8, 4) is 6.07 Å². The molecule has 0 N–H and O–H groups in total. The molecule has 0 aliphatic heterocycles. The van der Waals surface area contributed by atoms with Crippen molar-refractivity contribution in [2.75, 3.05) is 26.8 Å². The molecule has 0 aromatic rings. The molecule has 0 saturated carbocycles. The summed E-state index contributed by atoms with van der Waals surface area (Å²) in [6.45, 7) is 9.09. The van der Waals surface area contributed by atoms with Gasteiger partial charge in [-0.25, -0.2) is 0 Å². The molecule has 0 unspecified atom stereocenters. The SMILES string of the molecule is COCCN(CC(C)C)C(=O)C(C)(C)C#N. The molecule has 0 fully saturated rings. The Hall–Kier alpha value is -1.08. The molecule has 4 nitrogen and oxygen atoms in total. The normalized spacial score (nSPS) is 11.3. The van der Waals surface area contributed by atoms with Gasteiger partial charge in [-0.1, -0.05) is 13.8 Å². The van der Waals surface area contributed by atoms with Gasteiger partial charge in [0.1, 0.15) is 5.41 Å². The first kappa shape index (κ1) is 14.9. The van der Waals surface area contributed by atoms with Gasteiger partial charge < -0.3 is 9.64 Å². The molecule has 0 atom stereocenters. The maximum atomic E-state index is 12.1. The van der Waals surface area contributed by atoms with Crippen molar-refractivity contribution in [1.29, 1.82) is 5.26 Å². The third kappa shape index (κ3) is 4.63. The van der Waals surface area contributed by atoms with E-state index < -0.39 is 5.41 Å². The van der Waals surface area contributed by atoms with E-state index in [1.807, 2.05) is 19.9 Å². The molecule has 4 heteroatoms. The number of nitriles is 1. The Labute approximate surface area is 98.2 Å². The number of hydrogen-bond donors (Lipinski definition) is 0. The Morgan fingerprint density at radius 1 is 1.50 bits per heavy atom. The molecule has 92 valence electrons. The zero-order valence-corrected chi connectivity index (χ0v) is 10.9. The van der Waals surface area contributed by atoms with E-state index in [1.165, 1.54) is 0 Å². The minimum absolute atomic E-state index is 0.124. The predicted octanol–water partition coefficient (Wildman–Crippen LogP) is 1.67.